The van der Waals surface area contributed by atoms with E-state index in [9.17, 15) is 4.79 Å². The predicted molar refractivity (Wildman–Crippen MR) is 114 cm³/mol. The number of hydrogen-bond acceptors (Lipinski definition) is 5. The topological polar surface area (TPSA) is 49.3 Å². The normalized spacial score (nSPS) is 18.1. The number of carbonyl (C=O) groups excluding carboxylic acids is 1. The molecule has 0 N–H and O–H groups in total. The molecule has 0 bridgehead atoms. The van der Waals surface area contributed by atoms with E-state index in [0.29, 0.717) is 5.91 Å². The SMILES string of the molecule is O=C(C1CCCC1)N1CCN(c2ncnc3sc(-c4ccccc4)cc23)CC1. The van der Waals surface area contributed by atoms with Gasteiger partial charge < -0.3 is 9.80 Å². The highest BCUT2D eigenvalue weighted by Crippen LogP contribution is 2.36. The Hall–Kier alpha value is -2.47. The summed E-state index contributed by atoms with van der Waals surface area (Å²) in [7, 11) is 0. The van der Waals surface area contributed by atoms with Gasteiger partial charge in [0.25, 0.3) is 0 Å². The molecule has 3 heterocycles. The van der Waals surface area contributed by atoms with Crippen LogP contribution in [0, 0.1) is 5.92 Å². The molecule has 1 aliphatic carbocycles. The summed E-state index contributed by atoms with van der Waals surface area (Å²) in [4.78, 5) is 28.4. The van der Waals surface area contributed by atoms with Gasteiger partial charge in [0.2, 0.25) is 5.91 Å². The fraction of sp³-hybridized carbons (Fsp3) is 0.409. The van der Waals surface area contributed by atoms with Gasteiger partial charge in [-0.1, -0.05) is 43.2 Å². The Morgan fingerprint density at radius 3 is 2.50 bits per heavy atom. The van der Waals surface area contributed by atoms with E-state index in [1.807, 2.05) is 6.07 Å². The van der Waals surface area contributed by atoms with E-state index >= 15 is 0 Å². The Kier molecular flexibility index (Phi) is 4.72. The zero-order valence-corrected chi connectivity index (χ0v) is 16.7. The number of nitrogens with zero attached hydrogens (tertiary/aromatic N) is 4. The average Bonchev–Trinajstić information content (AvgIpc) is 3.44. The third-order valence-electron chi connectivity index (χ3n) is 5.96. The highest BCUT2D eigenvalue weighted by atomic mass is 32.1. The number of fused-ring (bicyclic) bond motifs is 1. The smallest absolute Gasteiger partial charge is 0.225 e. The van der Waals surface area contributed by atoms with Gasteiger partial charge in [-0.2, -0.15) is 0 Å². The lowest BCUT2D eigenvalue weighted by Gasteiger charge is -2.36. The fourth-order valence-electron chi connectivity index (χ4n) is 4.41. The number of piperazine rings is 1. The van der Waals surface area contributed by atoms with Crippen LogP contribution in [-0.4, -0.2) is 47.0 Å². The highest BCUT2D eigenvalue weighted by molar-refractivity contribution is 7.21. The minimum absolute atomic E-state index is 0.266. The summed E-state index contributed by atoms with van der Waals surface area (Å²) >= 11 is 1.71. The van der Waals surface area contributed by atoms with E-state index in [-0.39, 0.29) is 5.92 Å². The van der Waals surface area contributed by atoms with E-state index in [0.717, 1.165) is 55.1 Å². The molecule has 1 saturated heterocycles. The number of amides is 1. The lowest BCUT2D eigenvalue weighted by molar-refractivity contribution is -0.135. The number of benzene rings is 1. The summed E-state index contributed by atoms with van der Waals surface area (Å²) in [6.07, 6.45) is 6.22. The molecule has 0 unspecified atom stereocenters. The molecule has 2 aliphatic rings. The van der Waals surface area contributed by atoms with Gasteiger partial charge in [-0.25, -0.2) is 9.97 Å². The Labute approximate surface area is 169 Å². The average molecular weight is 393 g/mol. The van der Waals surface area contributed by atoms with Crippen LogP contribution in [0.25, 0.3) is 20.7 Å². The van der Waals surface area contributed by atoms with Crippen LogP contribution in [0.5, 0.6) is 0 Å². The van der Waals surface area contributed by atoms with Crippen molar-refractivity contribution in [1.29, 1.82) is 0 Å². The molecule has 0 atom stereocenters. The van der Waals surface area contributed by atoms with Gasteiger partial charge in [-0.15, -0.1) is 11.3 Å². The first-order chi connectivity index (χ1) is 13.8. The minimum Gasteiger partial charge on any atom is -0.352 e. The van der Waals surface area contributed by atoms with Gasteiger partial charge in [-0.3, -0.25) is 4.79 Å². The third kappa shape index (κ3) is 3.26. The molecule has 144 valence electrons. The van der Waals surface area contributed by atoms with Crippen molar-refractivity contribution in [3.63, 3.8) is 0 Å². The molecule has 0 radical (unpaired) electrons. The Morgan fingerprint density at radius 2 is 1.75 bits per heavy atom. The van der Waals surface area contributed by atoms with Gasteiger partial charge in [0.05, 0.1) is 5.39 Å². The highest BCUT2D eigenvalue weighted by Gasteiger charge is 2.30. The lowest BCUT2D eigenvalue weighted by atomic mass is 10.1. The van der Waals surface area contributed by atoms with Crippen LogP contribution in [0.3, 0.4) is 0 Å². The zero-order valence-electron chi connectivity index (χ0n) is 15.9. The van der Waals surface area contributed by atoms with Gasteiger partial charge in [-0.05, 0) is 24.5 Å². The van der Waals surface area contributed by atoms with Gasteiger partial charge >= 0.3 is 0 Å². The molecule has 1 amide bonds. The van der Waals surface area contributed by atoms with Crippen molar-refractivity contribution in [2.24, 2.45) is 5.92 Å². The second-order valence-electron chi connectivity index (χ2n) is 7.69. The van der Waals surface area contributed by atoms with Crippen molar-refractivity contribution in [3.05, 3.63) is 42.7 Å². The van der Waals surface area contributed by atoms with Crippen LogP contribution >= 0.6 is 11.3 Å². The van der Waals surface area contributed by atoms with Crippen molar-refractivity contribution in [2.75, 3.05) is 31.1 Å². The second-order valence-corrected chi connectivity index (χ2v) is 8.72. The summed E-state index contributed by atoms with van der Waals surface area (Å²) in [5.41, 5.74) is 1.21. The summed E-state index contributed by atoms with van der Waals surface area (Å²) < 4.78 is 0. The van der Waals surface area contributed by atoms with Crippen LogP contribution in [0.15, 0.2) is 42.7 Å². The number of thiophene rings is 1. The maximum atomic E-state index is 12.7. The zero-order chi connectivity index (χ0) is 18.9. The van der Waals surface area contributed by atoms with E-state index in [4.69, 9.17) is 0 Å². The van der Waals surface area contributed by atoms with Crippen molar-refractivity contribution < 1.29 is 4.79 Å². The van der Waals surface area contributed by atoms with Gasteiger partial charge in [0.15, 0.2) is 0 Å². The molecule has 6 heteroatoms. The molecule has 2 aromatic heterocycles. The van der Waals surface area contributed by atoms with Crippen LogP contribution in [-0.2, 0) is 4.79 Å². The molecule has 5 nitrogen and oxygen atoms in total. The standard InChI is InChI=1S/C22H24N4OS/c27-22(17-8-4-5-9-17)26-12-10-25(11-13-26)20-18-14-19(16-6-2-1-3-7-16)28-21(18)24-15-23-20/h1-3,6-7,14-15,17H,4-5,8-13H2. The van der Waals surface area contributed by atoms with E-state index in [1.54, 1.807) is 17.7 Å². The third-order valence-corrected chi connectivity index (χ3v) is 7.05. The van der Waals surface area contributed by atoms with Crippen LogP contribution < -0.4 is 4.90 Å². The molecule has 0 spiro atoms. The van der Waals surface area contributed by atoms with Gasteiger partial charge in [0, 0.05) is 37.0 Å². The molecule has 2 fully saturated rings. The number of rotatable bonds is 3. The summed E-state index contributed by atoms with van der Waals surface area (Å²) in [5.74, 6) is 1.63. The Bertz CT molecular complexity index is 973. The molecular weight excluding hydrogens is 368 g/mol. The predicted octanol–water partition coefficient (Wildman–Crippen LogP) is 4.20. The lowest BCUT2D eigenvalue weighted by Crippen LogP contribution is -2.50. The Morgan fingerprint density at radius 1 is 1.00 bits per heavy atom. The molecule has 28 heavy (non-hydrogen) atoms. The summed E-state index contributed by atoms with van der Waals surface area (Å²) in [5, 5.41) is 1.11. The molecule has 1 aliphatic heterocycles. The molecule has 1 aromatic carbocycles. The van der Waals surface area contributed by atoms with E-state index in [1.165, 1.54) is 23.3 Å². The number of hydrogen-bond donors (Lipinski definition) is 0. The first-order valence-corrected chi connectivity index (χ1v) is 10.9. The minimum atomic E-state index is 0.266. The summed E-state index contributed by atoms with van der Waals surface area (Å²) in [6.45, 7) is 3.25. The molecular formula is C22H24N4OS. The van der Waals surface area contributed by atoms with Crippen molar-refractivity contribution in [2.45, 2.75) is 25.7 Å². The van der Waals surface area contributed by atoms with Crippen LogP contribution in [0.2, 0.25) is 0 Å². The molecule has 1 saturated carbocycles. The van der Waals surface area contributed by atoms with E-state index < -0.39 is 0 Å². The monoisotopic (exact) mass is 392 g/mol. The van der Waals surface area contributed by atoms with Crippen molar-refractivity contribution in [3.8, 4) is 10.4 Å². The number of anilines is 1. The quantitative estimate of drug-likeness (QED) is 0.670. The largest absolute Gasteiger partial charge is 0.352 e. The maximum absolute atomic E-state index is 12.7. The van der Waals surface area contributed by atoms with Crippen LogP contribution in [0.4, 0.5) is 5.82 Å². The Balaban J connectivity index is 1.35. The van der Waals surface area contributed by atoms with Crippen molar-refractivity contribution >= 4 is 33.3 Å². The van der Waals surface area contributed by atoms with Crippen LogP contribution in [0.1, 0.15) is 25.7 Å². The maximum Gasteiger partial charge on any atom is 0.225 e. The fourth-order valence-corrected chi connectivity index (χ4v) is 5.41. The molecule has 5 rings (SSSR count). The molecule has 3 aromatic rings. The summed E-state index contributed by atoms with van der Waals surface area (Å²) in [6, 6.07) is 12.6. The number of carbonyl (C=O) groups is 1. The van der Waals surface area contributed by atoms with Gasteiger partial charge in [0.1, 0.15) is 17.0 Å². The van der Waals surface area contributed by atoms with Crippen molar-refractivity contribution in [1.82, 2.24) is 14.9 Å². The van der Waals surface area contributed by atoms with E-state index in [2.05, 4.69) is 50.1 Å². The first kappa shape index (κ1) is 17.6. The first-order valence-electron chi connectivity index (χ1n) is 10.1. The second kappa shape index (κ2) is 7.51. The number of aromatic nitrogens is 2.